The summed E-state index contributed by atoms with van der Waals surface area (Å²) in [6, 6.07) is 1.10. The number of nitrogens with one attached hydrogen (secondary N) is 1. The molecule has 0 aromatic rings. The molecule has 0 aromatic heterocycles. The van der Waals surface area contributed by atoms with Gasteiger partial charge in [-0.15, -0.1) is 0 Å². The van der Waals surface area contributed by atoms with E-state index in [1.54, 1.807) is 0 Å². The lowest BCUT2D eigenvalue weighted by Gasteiger charge is -2.38. The summed E-state index contributed by atoms with van der Waals surface area (Å²) in [6.45, 7) is 0. The van der Waals surface area contributed by atoms with Gasteiger partial charge in [-0.05, 0) is 57.2 Å². The van der Waals surface area contributed by atoms with E-state index in [2.05, 4.69) is 22.0 Å². The third-order valence-electron chi connectivity index (χ3n) is 5.48. The van der Waals surface area contributed by atoms with Gasteiger partial charge in [-0.25, -0.2) is 0 Å². The minimum atomic E-state index is 0.0638. The van der Waals surface area contributed by atoms with Crippen molar-refractivity contribution in [3.05, 3.63) is 0 Å². The summed E-state index contributed by atoms with van der Waals surface area (Å²) >= 11 is 2.06. The molecule has 0 bridgehead atoms. The molecule has 4 heteroatoms. The molecule has 1 aliphatic carbocycles. The average molecular weight is 296 g/mol. The van der Waals surface area contributed by atoms with Gasteiger partial charge in [0, 0.05) is 17.8 Å². The Hall–Kier alpha value is -0.220. The van der Waals surface area contributed by atoms with E-state index in [1.807, 2.05) is 7.05 Å². The molecule has 1 saturated carbocycles. The third-order valence-corrected chi connectivity index (χ3v) is 6.68. The van der Waals surface area contributed by atoms with Crippen molar-refractivity contribution in [1.29, 1.82) is 0 Å². The van der Waals surface area contributed by atoms with Gasteiger partial charge >= 0.3 is 0 Å². The van der Waals surface area contributed by atoms with E-state index in [1.165, 1.54) is 50.7 Å². The Morgan fingerprint density at radius 3 is 2.85 bits per heavy atom. The molecule has 3 nitrogen and oxygen atoms in total. The van der Waals surface area contributed by atoms with Crippen LogP contribution in [0.1, 0.15) is 51.4 Å². The largest absolute Gasteiger partial charge is 0.334 e. The fourth-order valence-electron chi connectivity index (χ4n) is 4.39. The van der Waals surface area contributed by atoms with Crippen molar-refractivity contribution in [3.63, 3.8) is 0 Å². The average Bonchev–Trinajstić information content (AvgIpc) is 2.69. The number of likely N-dealkylation sites (tertiary alicyclic amines) is 1. The van der Waals surface area contributed by atoms with Gasteiger partial charge in [0.1, 0.15) is 0 Å². The second kappa shape index (κ2) is 6.69. The smallest absolute Gasteiger partial charge is 0.240 e. The Morgan fingerprint density at radius 1 is 1.10 bits per heavy atom. The number of hydrogen-bond donors (Lipinski definition) is 1. The number of likely N-dealkylation sites (N-methyl/N-ethyl adjacent to an activating group) is 1. The summed E-state index contributed by atoms with van der Waals surface area (Å²) in [7, 11) is 1.95. The number of carbonyl (C=O) groups excluding carboxylic acids is 1. The second-order valence-electron chi connectivity index (χ2n) is 6.65. The molecule has 3 rings (SSSR count). The van der Waals surface area contributed by atoms with E-state index in [0.29, 0.717) is 18.0 Å². The zero-order valence-corrected chi connectivity index (χ0v) is 13.5. The highest BCUT2D eigenvalue weighted by molar-refractivity contribution is 7.99. The molecular weight excluding hydrogens is 268 g/mol. The van der Waals surface area contributed by atoms with Crippen LogP contribution in [-0.4, -0.2) is 47.5 Å². The van der Waals surface area contributed by atoms with Crippen molar-refractivity contribution in [2.45, 2.75) is 69.5 Å². The van der Waals surface area contributed by atoms with Crippen LogP contribution in [0.5, 0.6) is 0 Å². The van der Waals surface area contributed by atoms with Crippen LogP contribution >= 0.6 is 11.8 Å². The highest BCUT2D eigenvalue weighted by Gasteiger charge is 2.42. The molecule has 0 spiro atoms. The first-order chi connectivity index (χ1) is 9.81. The van der Waals surface area contributed by atoms with Crippen molar-refractivity contribution in [3.8, 4) is 0 Å². The van der Waals surface area contributed by atoms with Crippen LogP contribution in [0.2, 0.25) is 0 Å². The van der Waals surface area contributed by atoms with E-state index in [9.17, 15) is 4.79 Å². The van der Waals surface area contributed by atoms with E-state index in [-0.39, 0.29) is 6.04 Å². The summed E-state index contributed by atoms with van der Waals surface area (Å²) in [5.41, 5.74) is 0. The number of hydrogen-bond acceptors (Lipinski definition) is 3. The predicted molar refractivity (Wildman–Crippen MR) is 85.0 cm³/mol. The summed E-state index contributed by atoms with van der Waals surface area (Å²) in [5.74, 6) is 3.60. The van der Waals surface area contributed by atoms with Crippen molar-refractivity contribution in [1.82, 2.24) is 10.2 Å². The molecule has 2 saturated heterocycles. The maximum atomic E-state index is 13.0. The molecule has 0 aromatic carbocycles. The number of amides is 1. The van der Waals surface area contributed by atoms with Gasteiger partial charge in [0.05, 0.1) is 6.04 Å². The lowest BCUT2D eigenvalue weighted by atomic mass is 9.96. The predicted octanol–water partition coefficient (Wildman–Crippen LogP) is 2.65. The summed E-state index contributed by atoms with van der Waals surface area (Å²) in [6.07, 6.45) is 10.0. The number of nitrogens with zero attached hydrogens (tertiary/aromatic N) is 1. The molecule has 4 atom stereocenters. The second-order valence-corrected chi connectivity index (χ2v) is 7.80. The topological polar surface area (TPSA) is 32.3 Å². The van der Waals surface area contributed by atoms with E-state index in [0.717, 1.165) is 18.1 Å². The molecular formula is C16H28N2OS. The highest BCUT2D eigenvalue weighted by atomic mass is 32.2. The van der Waals surface area contributed by atoms with Crippen LogP contribution in [-0.2, 0) is 4.79 Å². The molecule has 0 radical (unpaired) electrons. The van der Waals surface area contributed by atoms with Crippen molar-refractivity contribution >= 4 is 17.7 Å². The standard InChI is InChI=1S/C16H28N2OS/c1-17-14-9-8-12-5-4-7-15(12)18(16(14)19)13-6-2-3-10-20-11-13/h12-15,17H,2-11H2,1H3. The summed E-state index contributed by atoms with van der Waals surface area (Å²) in [4.78, 5) is 15.3. The lowest BCUT2D eigenvalue weighted by Crippen LogP contribution is -2.53. The van der Waals surface area contributed by atoms with Gasteiger partial charge in [0.25, 0.3) is 0 Å². The van der Waals surface area contributed by atoms with Crippen molar-refractivity contribution in [2.75, 3.05) is 18.6 Å². The number of fused-ring (bicyclic) bond motifs is 1. The van der Waals surface area contributed by atoms with Crippen LogP contribution in [0.15, 0.2) is 0 Å². The number of thioether (sulfide) groups is 1. The summed E-state index contributed by atoms with van der Waals surface area (Å²) in [5, 5.41) is 3.27. The van der Waals surface area contributed by atoms with Crippen LogP contribution in [0, 0.1) is 5.92 Å². The van der Waals surface area contributed by atoms with Gasteiger partial charge in [0.15, 0.2) is 0 Å². The van der Waals surface area contributed by atoms with Gasteiger partial charge in [0.2, 0.25) is 5.91 Å². The molecule has 114 valence electrons. The third kappa shape index (κ3) is 2.87. The van der Waals surface area contributed by atoms with Gasteiger partial charge in [-0.3, -0.25) is 4.79 Å². The quantitative estimate of drug-likeness (QED) is 0.850. The Bertz CT molecular complexity index is 341. The fraction of sp³-hybridized carbons (Fsp3) is 0.938. The fourth-order valence-corrected chi connectivity index (χ4v) is 5.57. The normalized spacial score (nSPS) is 39.2. The molecule has 20 heavy (non-hydrogen) atoms. The maximum absolute atomic E-state index is 13.0. The van der Waals surface area contributed by atoms with Crippen LogP contribution in [0.4, 0.5) is 0 Å². The highest BCUT2D eigenvalue weighted by Crippen LogP contribution is 2.39. The van der Waals surface area contributed by atoms with Crippen molar-refractivity contribution in [2.24, 2.45) is 5.92 Å². The molecule has 4 unspecified atom stereocenters. The SMILES string of the molecule is CNC1CCC2CCCC2N(C2CCCCSC2)C1=O. The minimum Gasteiger partial charge on any atom is -0.334 e. The van der Waals surface area contributed by atoms with E-state index >= 15 is 0 Å². The zero-order valence-electron chi connectivity index (χ0n) is 12.6. The maximum Gasteiger partial charge on any atom is 0.240 e. The molecule has 3 fully saturated rings. The molecule has 1 amide bonds. The number of rotatable bonds is 2. The zero-order chi connectivity index (χ0) is 13.9. The first-order valence-electron chi connectivity index (χ1n) is 8.38. The van der Waals surface area contributed by atoms with Crippen LogP contribution in [0.3, 0.4) is 0 Å². The lowest BCUT2D eigenvalue weighted by molar-refractivity contribution is -0.137. The van der Waals surface area contributed by atoms with E-state index in [4.69, 9.17) is 0 Å². The van der Waals surface area contributed by atoms with E-state index < -0.39 is 0 Å². The minimum absolute atomic E-state index is 0.0638. The Labute approximate surface area is 127 Å². The van der Waals surface area contributed by atoms with Crippen LogP contribution < -0.4 is 5.32 Å². The van der Waals surface area contributed by atoms with Crippen LogP contribution in [0.25, 0.3) is 0 Å². The Kier molecular flexibility index (Phi) is 4.92. The van der Waals surface area contributed by atoms with Gasteiger partial charge in [-0.1, -0.05) is 12.8 Å². The monoisotopic (exact) mass is 296 g/mol. The van der Waals surface area contributed by atoms with Gasteiger partial charge in [-0.2, -0.15) is 11.8 Å². The number of carbonyl (C=O) groups is 1. The molecule has 2 aliphatic heterocycles. The van der Waals surface area contributed by atoms with Gasteiger partial charge < -0.3 is 10.2 Å². The molecule has 3 aliphatic rings. The first-order valence-corrected chi connectivity index (χ1v) is 9.54. The first kappa shape index (κ1) is 14.7. The molecule has 2 heterocycles. The summed E-state index contributed by atoms with van der Waals surface area (Å²) < 4.78 is 0. The Balaban J connectivity index is 1.83. The molecule has 1 N–H and O–H groups in total. The van der Waals surface area contributed by atoms with Crippen molar-refractivity contribution < 1.29 is 4.79 Å². The Morgan fingerprint density at radius 2 is 2.00 bits per heavy atom.